The third-order valence-corrected chi connectivity index (χ3v) is 10.4. The first-order valence-electron chi connectivity index (χ1n) is 20.9. The summed E-state index contributed by atoms with van der Waals surface area (Å²) in [7, 11) is 0. The molecule has 0 spiro atoms. The van der Waals surface area contributed by atoms with Crippen LogP contribution >= 0.6 is 15.9 Å². The van der Waals surface area contributed by atoms with Crippen molar-refractivity contribution in [2.24, 2.45) is 0 Å². The van der Waals surface area contributed by atoms with Gasteiger partial charge in [-0.05, 0) is 47.3 Å². The summed E-state index contributed by atoms with van der Waals surface area (Å²) < 4.78 is 18.5. The molecular weight excluding hydrogens is 644 g/mol. The molecule has 0 atom stereocenters. The summed E-state index contributed by atoms with van der Waals surface area (Å²) in [4.78, 5) is 0. The molecule has 1 aromatic carbocycles. The van der Waals surface area contributed by atoms with Crippen molar-refractivity contribution in [2.75, 3.05) is 19.8 Å². The molecule has 47 heavy (non-hydrogen) atoms. The molecule has 0 radical (unpaired) electrons. The van der Waals surface area contributed by atoms with E-state index in [0.717, 1.165) is 37.2 Å². The summed E-state index contributed by atoms with van der Waals surface area (Å²) >= 11 is 3.94. The predicted octanol–water partition coefficient (Wildman–Crippen LogP) is 15.4. The molecule has 0 aliphatic rings. The van der Waals surface area contributed by atoms with Gasteiger partial charge in [0.1, 0.15) is 5.75 Å². The van der Waals surface area contributed by atoms with Crippen LogP contribution in [0.5, 0.6) is 5.75 Å². The molecule has 0 saturated carbocycles. The van der Waals surface area contributed by atoms with Gasteiger partial charge in [-0.2, -0.15) is 0 Å². The number of hydrogen-bond acceptors (Lipinski definition) is 3. The second kappa shape index (κ2) is 33.9. The Morgan fingerprint density at radius 3 is 1.06 bits per heavy atom. The lowest BCUT2D eigenvalue weighted by atomic mass is 10.1. The lowest BCUT2D eigenvalue weighted by molar-refractivity contribution is -0.174. The van der Waals surface area contributed by atoms with Crippen LogP contribution in [-0.2, 0) is 14.2 Å². The molecule has 1 rings (SSSR count). The van der Waals surface area contributed by atoms with Crippen LogP contribution < -0.4 is 4.74 Å². The van der Waals surface area contributed by atoms with Gasteiger partial charge >= 0.3 is 0 Å². The second-order valence-electron chi connectivity index (χ2n) is 14.1. The van der Waals surface area contributed by atoms with E-state index in [1.807, 2.05) is 0 Å². The van der Waals surface area contributed by atoms with E-state index in [-0.39, 0.29) is 0 Å². The molecule has 276 valence electrons. The summed E-state index contributed by atoms with van der Waals surface area (Å²) in [6, 6.07) is 8.33. The third-order valence-electron chi connectivity index (χ3n) is 9.54. The van der Waals surface area contributed by atoms with Crippen molar-refractivity contribution < 1.29 is 14.2 Å². The zero-order valence-electron chi connectivity index (χ0n) is 31.7. The average Bonchev–Trinajstić information content (AvgIpc) is 3.08. The fourth-order valence-electron chi connectivity index (χ4n) is 6.39. The summed E-state index contributed by atoms with van der Waals surface area (Å²) in [6.07, 6.45) is 39.7. The Labute approximate surface area is 302 Å². The number of ether oxygens (including phenoxy) is 3. The molecule has 1 aromatic rings. The second-order valence-corrected chi connectivity index (χ2v) is 15.2. The van der Waals surface area contributed by atoms with E-state index >= 15 is 0 Å². The van der Waals surface area contributed by atoms with Crippen molar-refractivity contribution in [3.05, 3.63) is 29.8 Å². The maximum Gasteiger partial charge on any atom is 0.257 e. The number of benzene rings is 1. The fourth-order valence-corrected chi connectivity index (χ4v) is 7.05. The van der Waals surface area contributed by atoms with E-state index in [9.17, 15) is 0 Å². The molecule has 0 amide bonds. The molecule has 0 unspecified atom stereocenters. The van der Waals surface area contributed by atoms with Gasteiger partial charge in [-0.15, -0.1) is 0 Å². The minimum Gasteiger partial charge on any atom is -0.493 e. The van der Waals surface area contributed by atoms with Crippen LogP contribution in [0, 0.1) is 0 Å². The predicted molar refractivity (Wildman–Crippen MR) is 210 cm³/mol. The van der Waals surface area contributed by atoms with E-state index in [0.29, 0.717) is 13.2 Å². The molecule has 0 aromatic heterocycles. The standard InChI is InChI=1S/C43H79BrO3/c1-4-7-10-13-16-19-22-25-28-33-38-45-42-37-32-31-36-41(42)43(44,46-39-34-29-26-23-20-17-14-11-8-5-2)47-40-35-30-27-24-21-18-15-12-9-6-3/h31-32,36-37H,4-30,33-35,38-40H2,1-3H3. The summed E-state index contributed by atoms with van der Waals surface area (Å²) in [5.74, 6) is 0.881. The maximum absolute atomic E-state index is 6.54. The van der Waals surface area contributed by atoms with Gasteiger partial charge in [-0.25, -0.2) is 0 Å². The highest BCUT2D eigenvalue weighted by Gasteiger charge is 2.34. The summed E-state index contributed by atoms with van der Waals surface area (Å²) in [5, 5.41) is 0. The van der Waals surface area contributed by atoms with Crippen molar-refractivity contribution >= 4 is 15.9 Å². The molecule has 0 fully saturated rings. The largest absolute Gasteiger partial charge is 0.493 e. The zero-order valence-corrected chi connectivity index (χ0v) is 33.3. The van der Waals surface area contributed by atoms with Crippen molar-refractivity contribution in [1.82, 2.24) is 0 Å². The molecular formula is C43H79BrO3. The van der Waals surface area contributed by atoms with Gasteiger partial charge in [0.05, 0.1) is 25.4 Å². The Morgan fingerprint density at radius 1 is 0.404 bits per heavy atom. The van der Waals surface area contributed by atoms with E-state index in [4.69, 9.17) is 14.2 Å². The topological polar surface area (TPSA) is 27.7 Å². The first kappa shape index (κ1) is 44.4. The highest BCUT2D eigenvalue weighted by Crippen LogP contribution is 2.40. The van der Waals surface area contributed by atoms with E-state index < -0.39 is 4.70 Å². The van der Waals surface area contributed by atoms with E-state index in [1.165, 1.54) is 173 Å². The molecule has 0 bridgehead atoms. The Bertz CT molecular complexity index is 743. The van der Waals surface area contributed by atoms with Crippen LogP contribution in [-0.4, -0.2) is 19.8 Å². The number of halogens is 1. The van der Waals surface area contributed by atoms with Crippen molar-refractivity contribution in [2.45, 2.75) is 218 Å². The van der Waals surface area contributed by atoms with Crippen molar-refractivity contribution in [1.29, 1.82) is 0 Å². The van der Waals surface area contributed by atoms with Crippen LogP contribution in [0.3, 0.4) is 0 Å². The first-order valence-corrected chi connectivity index (χ1v) is 21.7. The normalized spacial score (nSPS) is 11.8. The molecule has 0 aliphatic heterocycles. The van der Waals surface area contributed by atoms with Gasteiger partial charge in [0.2, 0.25) is 0 Å². The fraction of sp³-hybridized carbons (Fsp3) is 0.860. The number of alkyl halides is 1. The van der Waals surface area contributed by atoms with Crippen LogP contribution in [0.15, 0.2) is 24.3 Å². The third kappa shape index (κ3) is 26.0. The van der Waals surface area contributed by atoms with Crippen LogP contribution in [0.2, 0.25) is 0 Å². The number of para-hydroxylation sites is 1. The molecule has 4 heteroatoms. The molecule has 0 aliphatic carbocycles. The lowest BCUT2D eigenvalue weighted by Crippen LogP contribution is -2.28. The minimum absolute atomic E-state index is 0.687. The summed E-state index contributed by atoms with van der Waals surface area (Å²) in [5.41, 5.74) is 0.964. The number of unbranched alkanes of at least 4 members (excludes halogenated alkanes) is 27. The smallest absolute Gasteiger partial charge is 0.257 e. The summed E-state index contributed by atoms with van der Waals surface area (Å²) in [6.45, 7) is 8.99. The van der Waals surface area contributed by atoms with Crippen LogP contribution in [0.1, 0.15) is 219 Å². The molecule has 0 heterocycles. The molecule has 0 N–H and O–H groups in total. The van der Waals surface area contributed by atoms with Crippen LogP contribution in [0.4, 0.5) is 0 Å². The van der Waals surface area contributed by atoms with Gasteiger partial charge in [-0.1, -0.05) is 206 Å². The Balaban J connectivity index is 2.50. The maximum atomic E-state index is 6.54. The van der Waals surface area contributed by atoms with Gasteiger partial charge in [0.25, 0.3) is 4.70 Å². The number of rotatable bonds is 37. The van der Waals surface area contributed by atoms with E-state index in [2.05, 4.69) is 61.0 Å². The lowest BCUT2D eigenvalue weighted by Gasteiger charge is -2.30. The minimum atomic E-state index is -0.958. The van der Waals surface area contributed by atoms with Gasteiger partial charge in [0, 0.05) is 0 Å². The molecule has 3 nitrogen and oxygen atoms in total. The monoisotopic (exact) mass is 723 g/mol. The van der Waals surface area contributed by atoms with E-state index in [1.54, 1.807) is 0 Å². The Hall–Kier alpha value is -0.580. The molecule has 0 saturated heterocycles. The van der Waals surface area contributed by atoms with Gasteiger partial charge in [0.15, 0.2) is 0 Å². The van der Waals surface area contributed by atoms with Gasteiger partial charge < -0.3 is 14.2 Å². The quantitative estimate of drug-likeness (QED) is 0.0389. The van der Waals surface area contributed by atoms with Gasteiger partial charge in [-0.3, -0.25) is 0 Å². The Kier molecular flexibility index (Phi) is 32.1. The van der Waals surface area contributed by atoms with Crippen molar-refractivity contribution in [3.8, 4) is 5.75 Å². The first-order chi connectivity index (χ1) is 23.2. The SMILES string of the molecule is CCCCCCCCCCCCOc1ccccc1C(Br)(OCCCCCCCCCCCC)OCCCCCCCCCCCC. The zero-order chi connectivity index (χ0) is 33.9. The average molecular weight is 724 g/mol. The number of hydrogen-bond donors (Lipinski definition) is 0. The highest BCUT2D eigenvalue weighted by molar-refractivity contribution is 9.09. The van der Waals surface area contributed by atoms with Crippen molar-refractivity contribution in [3.63, 3.8) is 0 Å². The van der Waals surface area contributed by atoms with Crippen LogP contribution in [0.25, 0.3) is 0 Å². The highest BCUT2D eigenvalue weighted by atomic mass is 79.9. The Morgan fingerprint density at radius 2 is 0.702 bits per heavy atom.